The summed E-state index contributed by atoms with van der Waals surface area (Å²) in [6.45, 7) is 8.68. The van der Waals surface area contributed by atoms with Gasteiger partial charge in [-0.1, -0.05) is 39.3 Å². The lowest BCUT2D eigenvalue weighted by molar-refractivity contribution is 0.0909. The van der Waals surface area contributed by atoms with Gasteiger partial charge in [0.1, 0.15) is 5.15 Å². The third kappa shape index (κ3) is 4.44. The summed E-state index contributed by atoms with van der Waals surface area (Å²) < 4.78 is 0. The number of nitrogens with zero attached hydrogens (tertiary/aromatic N) is 1. The first-order valence-corrected chi connectivity index (χ1v) is 8.13. The van der Waals surface area contributed by atoms with Crippen LogP contribution < -0.4 is 5.32 Å². The molecule has 1 N–H and O–H groups in total. The minimum atomic E-state index is -0.0362. The second kappa shape index (κ2) is 6.35. The lowest BCUT2D eigenvalue weighted by Crippen LogP contribution is -2.39. The highest BCUT2D eigenvalue weighted by Crippen LogP contribution is 2.35. The van der Waals surface area contributed by atoms with Crippen molar-refractivity contribution in [1.29, 1.82) is 0 Å². The second-order valence-electron chi connectivity index (χ2n) is 7.17. The first-order valence-electron chi connectivity index (χ1n) is 7.75. The SMILES string of the molecule is CC(C)c1cc(C(=O)NC2CCC(C)(C)CC2)cc(Cl)n1. The fourth-order valence-electron chi connectivity index (χ4n) is 2.76. The maximum Gasteiger partial charge on any atom is 0.251 e. The van der Waals surface area contributed by atoms with E-state index >= 15 is 0 Å². The summed E-state index contributed by atoms with van der Waals surface area (Å²) in [5.74, 6) is 0.219. The maximum atomic E-state index is 12.4. The number of hydrogen-bond acceptors (Lipinski definition) is 2. The summed E-state index contributed by atoms with van der Waals surface area (Å²) in [6, 6.07) is 3.77. The summed E-state index contributed by atoms with van der Waals surface area (Å²) in [7, 11) is 0. The van der Waals surface area contributed by atoms with Crippen LogP contribution >= 0.6 is 11.6 Å². The molecule has 1 aliphatic carbocycles. The van der Waals surface area contributed by atoms with Crippen molar-refractivity contribution < 1.29 is 4.79 Å². The highest BCUT2D eigenvalue weighted by molar-refractivity contribution is 6.29. The van der Waals surface area contributed by atoms with Crippen molar-refractivity contribution in [2.75, 3.05) is 0 Å². The van der Waals surface area contributed by atoms with Crippen LogP contribution in [-0.4, -0.2) is 16.9 Å². The van der Waals surface area contributed by atoms with Gasteiger partial charge in [-0.15, -0.1) is 0 Å². The van der Waals surface area contributed by atoms with Gasteiger partial charge in [0.2, 0.25) is 0 Å². The molecule has 0 spiro atoms. The molecule has 0 atom stereocenters. The van der Waals surface area contributed by atoms with Gasteiger partial charge in [-0.2, -0.15) is 0 Å². The highest BCUT2D eigenvalue weighted by atomic mass is 35.5. The molecular formula is C17H25ClN2O. The number of carbonyl (C=O) groups excluding carboxylic acids is 1. The Labute approximate surface area is 132 Å². The summed E-state index contributed by atoms with van der Waals surface area (Å²) in [4.78, 5) is 16.7. The molecule has 0 bridgehead atoms. The lowest BCUT2D eigenvalue weighted by Gasteiger charge is -2.34. The molecule has 2 rings (SSSR count). The molecule has 116 valence electrons. The number of amides is 1. The normalized spacial score (nSPS) is 18.8. The van der Waals surface area contributed by atoms with Crippen molar-refractivity contribution >= 4 is 17.5 Å². The van der Waals surface area contributed by atoms with E-state index in [-0.39, 0.29) is 17.9 Å². The average molecular weight is 309 g/mol. The van der Waals surface area contributed by atoms with E-state index < -0.39 is 0 Å². The molecule has 0 aliphatic heterocycles. The molecular weight excluding hydrogens is 284 g/mol. The molecule has 21 heavy (non-hydrogen) atoms. The van der Waals surface area contributed by atoms with Crippen molar-refractivity contribution in [3.8, 4) is 0 Å². The van der Waals surface area contributed by atoms with E-state index in [9.17, 15) is 4.79 Å². The van der Waals surface area contributed by atoms with Crippen LogP contribution in [0.25, 0.3) is 0 Å². The second-order valence-corrected chi connectivity index (χ2v) is 7.56. The standard InChI is InChI=1S/C17H25ClN2O/c1-11(2)14-9-12(10-15(18)20-14)16(21)19-13-5-7-17(3,4)8-6-13/h9-11,13H,5-8H2,1-4H3,(H,19,21). The molecule has 3 nitrogen and oxygen atoms in total. The minimum Gasteiger partial charge on any atom is -0.349 e. The van der Waals surface area contributed by atoms with Crippen LogP contribution in [0.4, 0.5) is 0 Å². The van der Waals surface area contributed by atoms with E-state index in [1.54, 1.807) is 6.07 Å². The number of aromatic nitrogens is 1. The molecule has 1 fully saturated rings. The molecule has 1 amide bonds. The predicted octanol–water partition coefficient (Wildman–Crippen LogP) is 4.56. The smallest absolute Gasteiger partial charge is 0.251 e. The zero-order chi connectivity index (χ0) is 15.6. The van der Waals surface area contributed by atoms with Crippen molar-refractivity contribution in [3.05, 3.63) is 28.5 Å². The number of pyridine rings is 1. The third-order valence-electron chi connectivity index (χ3n) is 4.34. The van der Waals surface area contributed by atoms with Gasteiger partial charge >= 0.3 is 0 Å². The molecule has 1 aromatic heterocycles. The summed E-state index contributed by atoms with van der Waals surface area (Å²) in [5, 5.41) is 3.53. The van der Waals surface area contributed by atoms with E-state index in [0.717, 1.165) is 31.4 Å². The monoisotopic (exact) mass is 308 g/mol. The average Bonchev–Trinajstić information content (AvgIpc) is 2.40. The van der Waals surface area contributed by atoms with E-state index in [2.05, 4.69) is 24.1 Å². The van der Waals surface area contributed by atoms with Crippen LogP contribution in [0.1, 0.15) is 75.3 Å². The Morgan fingerprint density at radius 2 is 1.95 bits per heavy atom. The zero-order valence-electron chi connectivity index (χ0n) is 13.4. The van der Waals surface area contributed by atoms with Gasteiger partial charge in [-0.05, 0) is 49.1 Å². The molecule has 4 heteroatoms. The van der Waals surface area contributed by atoms with Crippen molar-refractivity contribution in [3.63, 3.8) is 0 Å². The highest BCUT2D eigenvalue weighted by Gasteiger charge is 2.27. The van der Waals surface area contributed by atoms with Crippen LogP contribution in [-0.2, 0) is 0 Å². The molecule has 0 saturated heterocycles. The summed E-state index contributed by atoms with van der Waals surface area (Å²) in [5.41, 5.74) is 1.88. The molecule has 1 aliphatic rings. The Balaban J connectivity index is 2.04. The van der Waals surface area contributed by atoms with Gasteiger partial charge < -0.3 is 5.32 Å². The Kier molecular flexibility index (Phi) is 4.92. The van der Waals surface area contributed by atoms with Gasteiger partial charge in [-0.3, -0.25) is 4.79 Å². The fourth-order valence-corrected chi connectivity index (χ4v) is 2.97. The molecule has 0 radical (unpaired) electrons. The Morgan fingerprint density at radius 1 is 1.33 bits per heavy atom. The van der Waals surface area contributed by atoms with E-state index in [1.165, 1.54) is 0 Å². The van der Waals surface area contributed by atoms with Crippen LogP contribution in [0, 0.1) is 5.41 Å². The van der Waals surface area contributed by atoms with Crippen LogP contribution in [0.2, 0.25) is 5.15 Å². The third-order valence-corrected chi connectivity index (χ3v) is 4.54. The molecule has 0 aromatic carbocycles. The largest absolute Gasteiger partial charge is 0.349 e. The van der Waals surface area contributed by atoms with Gasteiger partial charge in [0.25, 0.3) is 5.91 Å². The first kappa shape index (κ1) is 16.3. The van der Waals surface area contributed by atoms with Crippen molar-refractivity contribution in [2.24, 2.45) is 5.41 Å². The Morgan fingerprint density at radius 3 is 2.52 bits per heavy atom. The van der Waals surface area contributed by atoms with Crippen LogP contribution in [0.3, 0.4) is 0 Å². The van der Waals surface area contributed by atoms with E-state index in [0.29, 0.717) is 16.1 Å². The minimum absolute atomic E-state index is 0.0362. The number of carbonyl (C=O) groups is 1. The number of rotatable bonds is 3. The first-order chi connectivity index (χ1) is 9.77. The lowest BCUT2D eigenvalue weighted by atomic mass is 9.75. The molecule has 1 aromatic rings. The van der Waals surface area contributed by atoms with Gasteiger partial charge in [0.15, 0.2) is 0 Å². The van der Waals surface area contributed by atoms with Crippen LogP contribution in [0.5, 0.6) is 0 Å². The maximum absolute atomic E-state index is 12.4. The fraction of sp³-hybridized carbons (Fsp3) is 0.647. The predicted molar refractivity (Wildman–Crippen MR) is 86.8 cm³/mol. The number of halogens is 1. The Bertz CT molecular complexity index is 516. The molecule has 1 heterocycles. The molecule has 0 unspecified atom stereocenters. The quantitative estimate of drug-likeness (QED) is 0.832. The summed E-state index contributed by atoms with van der Waals surface area (Å²) >= 11 is 6.03. The van der Waals surface area contributed by atoms with Gasteiger partial charge in [0.05, 0.1) is 0 Å². The van der Waals surface area contributed by atoms with Gasteiger partial charge in [0, 0.05) is 17.3 Å². The number of hydrogen-bond donors (Lipinski definition) is 1. The van der Waals surface area contributed by atoms with E-state index in [4.69, 9.17) is 11.6 Å². The Hall–Kier alpha value is -1.09. The van der Waals surface area contributed by atoms with Crippen LogP contribution in [0.15, 0.2) is 12.1 Å². The molecule has 1 saturated carbocycles. The van der Waals surface area contributed by atoms with Gasteiger partial charge in [-0.25, -0.2) is 4.98 Å². The van der Waals surface area contributed by atoms with E-state index in [1.807, 2.05) is 19.9 Å². The summed E-state index contributed by atoms with van der Waals surface area (Å²) in [6.07, 6.45) is 4.42. The van der Waals surface area contributed by atoms with Crippen molar-refractivity contribution in [2.45, 2.75) is 65.3 Å². The topological polar surface area (TPSA) is 42.0 Å². The zero-order valence-corrected chi connectivity index (χ0v) is 14.1. The van der Waals surface area contributed by atoms with Crippen molar-refractivity contribution in [1.82, 2.24) is 10.3 Å². The number of nitrogens with one attached hydrogen (secondary N) is 1.